The number of carbonyl (C=O) groups is 1. The summed E-state index contributed by atoms with van der Waals surface area (Å²) in [6, 6.07) is 8.20. The van der Waals surface area contributed by atoms with Crippen molar-refractivity contribution in [2.45, 2.75) is 59.8 Å². The quantitative estimate of drug-likeness (QED) is 0.631. The summed E-state index contributed by atoms with van der Waals surface area (Å²) >= 11 is 0. The Balaban J connectivity index is 2.72. The smallest absolute Gasteiger partial charge is 0.253 e. The molecular weight excluding hydrogens is 258 g/mol. The molecule has 0 heterocycles. The van der Waals surface area contributed by atoms with Crippen molar-refractivity contribution in [3.63, 3.8) is 0 Å². The third-order valence-corrected chi connectivity index (χ3v) is 3.67. The molecule has 0 aliphatic carbocycles. The van der Waals surface area contributed by atoms with Gasteiger partial charge in [-0.25, -0.2) is 0 Å². The predicted octanol–water partition coefficient (Wildman–Crippen LogP) is 4.93. The molecule has 1 rings (SSSR count). The van der Waals surface area contributed by atoms with Gasteiger partial charge in [-0.2, -0.15) is 0 Å². The van der Waals surface area contributed by atoms with Crippen LogP contribution in [0.25, 0.3) is 0 Å². The van der Waals surface area contributed by atoms with E-state index in [-0.39, 0.29) is 5.91 Å². The number of amides is 1. The Hall–Kier alpha value is -1.31. The molecule has 2 heteroatoms. The van der Waals surface area contributed by atoms with Crippen LogP contribution in [0, 0.1) is 5.92 Å². The zero-order chi connectivity index (χ0) is 15.7. The highest BCUT2D eigenvalue weighted by Gasteiger charge is 2.16. The molecule has 0 spiro atoms. The number of unbranched alkanes of at least 4 members (excludes halogenated alkanes) is 2. The van der Waals surface area contributed by atoms with Gasteiger partial charge < -0.3 is 4.90 Å². The maximum Gasteiger partial charge on any atom is 0.253 e. The Morgan fingerprint density at radius 3 is 2.19 bits per heavy atom. The zero-order valence-electron chi connectivity index (χ0n) is 14.2. The Bertz CT molecular complexity index is 408. The molecule has 0 radical (unpaired) electrons. The minimum Gasteiger partial charge on any atom is -0.338 e. The second-order valence-electron chi connectivity index (χ2n) is 6.30. The third-order valence-electron chi connectivity index (χ3n) is 3.67. The van der Waals surface area contributed by atoms with Crippen molar-refractivity contribution in [2.24, 2.45) is 5.92 Å². The van der Waals surface area contributed by atoms with E-state index in [2.05, 4.69) is 39.8 Å². The van der Waals surface area contributed by atoms with Crippen molar-refractivity contribution in [3.8, 4) is 0 Å². The van der Waals surface area contributed by atoms with Crippen molar-refractivity contribution >= 4 is 5.91 Å². The molecule has 21 heavy (non-hydrogen) atoms. The first-order valence-corrected chi connectivity index (χ1v) is 8.46. The van der Waals surface area contributed by atoms with Crippen molar-refractivity contribution in [2.75, 3.05) is 13.1 Å². The lowest BCUT2D eigenvalue weighted by Gasteiger charge is -2.24. The Morgan fingerprint density at radius 2 is 1.67 bits per heavy atom. The van der Waals surface area contributed by atoms with Crippen LogP contribution in [0.4, 0.5) is 0 Å². The Labute approximate surface area is 130 Å². The zero-order valence-corrected chi connectivity index (χ0v) is 14.2. The molecule has 1 aromatic rings. The van der Waals surface area contributed by atoms with Gasteiger partial charge in [0.15, 0.2) is 0 Å². The summed E-state index contributed by atoms with van der Waals surface area (Å²) in [7, 11) is 0. The second-order valence-corrected chi connectivity index (χ2v) is 6.30. The number of hydrogen-bond donors (Lipinski definition) is 0. The molecule has 0 N–H and O–H groups in total. The molecule has 1 amide bonds. The van der Waals surface area contributed by atoms with E-state index in [0.717, 1.165) is 37.9 Å². The summed E-state index contributed by atoms with van der Waals surface area (Å²) in [5.74, 6) is 0.689. The normalized spacial score (nSPS) is 10.9. The number of benzene rings is 1. The average Bonchev–Trinajstić information content (AvgIpc) is 2.49. The van der Waals surface area contributed by atoms with Crippen LogP contribution in [0.1, 0.15) is 69.3 Å². The van der Waals surface area contributed by atoms with Crippen LogP contribution in [0.2, 0.25) is 0 Å². The van der Waals surface area contributed by atoms with Crippen molar-refractivity contribution in [3.05, 3.63) is 35.4 Å². The van der Waals surface area contributed by atoms with Crippen LogP contribution < -0.4 is 0 Å². The largest absolute Gasteiger partial charge is 0.338 e. The van der Waals surface area contributed by atoms with Gasteiger partial charge in [-0.3, -0.25) is 4.79 Å². The van der Waals surface area contributed by atoms with E-state index in [9.17, 15) is 4.79 Å². The highest BCUT2D eigenvalue weighted by atomic mass is 16.2. The molecule has 1 aromatic carbocycles. The molecule has 0 aliphatic rings. The summed E-state index contributed by atoms with van der Waals surface area (Å²) in [4.78, 5) is 14.6. The van der Waals surface area contributed by atoms with Gasteiger partial charge in [-0.05, 0) is 42.9 Å². The van der Waals surface area contributed by atoms with Crippen LogP contribution in [-0.2, 0) is 6.42 Å². The first-order chi connectivity index (χ1) is 10.1. The van der Waals surface area contributed by atoms with E-state index < -0.39 is 0 Å². The molecule has 0 fully saturated rings. The van der Waals surface area contributed by atoms with E-state index in [0.29, 0.717) is 5.92 Å². The predicted molar refractivity (Wildman–Crippen MR) is 90.7 cm³/mol. The van der Waals surface area contributed by atoms with Gasteiger partial charge in [0, 0.05) is 18.7 Å². The lowest BCUT2D eigenvalue weighted by molar-refractivity contribution is 0.0733. The molecular formula is C19H31NO. The fourth-order valence-corrected chi connectivity index (χ4v) is 2.44. The topological polar surface area (TPSA) is 20.3 Å². The standard InChI is InChI=1S/C19H31NO/c1-5-7-9-17-10-12-18(13-11-17)19(21)20(14-8-6-2)15-16(3)4/h10-13,16H,5-9,14-15H2,1-4H3. The minimum absolute atomic E-state index is 0.180. The maximum atomic E-state index is 12.6. The van der Waals surface area contributed by atoms with E-state index in [4.69, 9.17) is 0 Å². The molecule has 0 atom stereocenters. The van der Waals surface area contributed by atoms with Crippen LogP contribution in [-0.4, -0.2) is 23.9 Å². The van der Waals surface area contributed by atoms with E-state index in [1.807, 2.05) is 17.0 Å². The highest BCUT2D eigenvalue weighted by Crippen LogP contribution is 2.12. The number of hydrogen-bond acceptors (Lipinski definition) is 1. The summed E-state index contributed by atoms with van der Waals surface area (Å²) in [6.07, 6.45) is 5.73. The van der Waals surface area contributed by atoms with Gasteiger partial charge in [0.25, 0.3) is 5.91 Å². The van der Waals surface area contributed by atoms with Gasteiger partial charge in [-0.15, -0.1) is 0 Å². The number of aryl methyl sites for hydroxylation is 1. The summed E-state index contributed by atoms with van der Waals surface area (Å²) in [6.45, 7) is 10.4. The summed E-state index contributed by atoms with van der Waals surface area (Å²) in [5, 5.41) is 0. The molecule has 0 unspecified atom stereocenters. The average molecular weight is 289 g/mol. The monoisotopic (exact) mass is 289 g/mol. The molecule has 0 aromatic heterocycles. The summed E-state index contributed by atoms with van der Waals surface area (Å²) in [5.41, 5.74) is 2.16. The van der Waals surface area contributed by atoms with Crippen LogP contribution in [0.15, 0.2) is 24.3 Å². The fourth-order valence-electron chi connectivity index (χ4n) is 2.44. The number of nitrogens with zero attached hydrogens (tertiary/aromatic N) is 1. The molecule has 118 valence electrons. The lowest BCUT2D eigenvalue weighted by atomic mass is 10.1. The van der Waals surface area contributed by atoms with Crippen molar-refractivity contribution < 1.29 is 4.79 Å². The lowest BCUT2D eigenvalue weighted by Crippen LogP contribution is -2.35. The fraction of sp³-hybridized carbons (Fsp3) is 0.632. The van der Waals surface area contributed by atoms with Crippen LogP contribution >= 0.6 is 0 Å². The first-order valence-electron chi connectivity index (χ1n) is 8.46. The second kappa shape index (κ2) is 9.59. The molecule has 0 bridgehead atoms. The van der Waals surface area contributed by atoms with Crippen molar-refractivity contribution in [1.82, 2.24) is 4.90 Å². The van der Waals surface area contributed by atoms with Gasteiger partial charge in [0.2, 0.25) is 0 Å². The Kier molecular flexibility index (Phi) is 8.11. The van der Waals surface area contributed by atoms with Gasteiger partial charge in [-0.1, -0.05) is 52.7 Å². The molecule has 0 saturated carbocycles. The van der Waals surface area contributed by atoms with E-state index in [1.165, 1.54) is 18.4 Å². The maximum absolute atomic E-state index is 12.6. The van der Waals surface area contributed by atoms with E-state index in [1.54, 1.807) is 0 Å². The van der Waals surface area contributed by atoms with Crippen LogP contribution in [0.5, 0.6) is 0 Å². The molecule has 0 aliphatic heterocycles. The minimum atomic E-state index is 0.180. The van der Waals surface area contributed by atoms with Gasteiger partial charge in [0.05, 0.1) is 0 Å². The highest BCUT2D eigenvalue weighted by molar-refractivity contribution is 5.94. The SMILES string of the molecule is CCCCc1ccc(C(=O)N(CCCC)CC(C)C)cc1. The molecule has 0 saturated heterocycles. The summed E-state index contributed by atoms with van der Waals surface area (Å²) < 4.78 is 0. The van der Waals surface area contributed by atoms with Gasteiger partial charge >= 0.3 is 0 Å². The van der Waals surface area contributed by atoms with Gasteiger partial charge in [0.1, 0.15) is 0 Å². The molecule has 2 nitrogen and oxygen atoms in total. The Morgan fingerprint density at radius 1 is 1.05 bits per heavy atom. The number of rotatable bonds is 9. The van der Waals surface area contributed by atoms with Crippen LogP contribution in [0.3, 0.4) is 0 Å². The van der Waals surface area contributed by atoms with E-state index >= 15 is 0 Å². The third kappa shape index (κ3) is 6.33. The van der Waals surface area contributed by atoms with Crippen molar-refractivity contribution in [1.29, 1.82) is 0 Å². The number of carbonyl (C=O) groups excluding carboxylic acids is 1. The first kappa shape index (κ1) is 17.7.